The molecule has 0 aliphatic heterocycles. The molecule has 1 unspecified atom stereocenters. The van der Waals surface area contributed by atoms with Gasteiger partial charge < -0.3 is 20.1 Å². The van der Waals surface area contributed by atoms with E-state index < -0.39 is 13.1 Å². The van der Waals surface area contributed by atoms with E-state index in [-0.39, 0.29) is 18.4 Å². The average Bonchev–Trinajstić information content (AvgIpc) is 3.04. The van der Waals surface area contributed by atoms with Crippen molar-refractivity contribution in [3.8, 4) is 0 Å². The van der Waals surface area contributed by atoms with Gasteiger partial charge in [0.1, 0.15) is 0 Å². The van der Waals surface area contributed by atoms with Crippen LogP contribution < -0.4 is 5.73 Å². The Labute approximate surface area is 183 Å². The molecule has 0 spiro atoms. The summed E-state index contributed by atoms with van der Waals surface area (Å²) in [7, 11) is -2.17. The number of unbranched alkanes of at least 4 members (excludes halogenated alkanes) is 1. The summed E-state index contributed by atoms with van der Waals surface area (Å²) in [5, 5.41) is 0.727. The summed E-state index contributed by atoms with van der Waals surface area (Å²) in [6.45, 7) is 1.80. The van der Waals surface area contributed by atoms with Crippen molar-refractivity contribution in [3.63, 3.8) is 0 Å². The number of hydrogen-bond donors (Lipinski definition) is 3. The Hall–Kier alpha value is -1.43. The Bertz CT molecular complexity index is 887. The first-order valence-electron chi connectivity index (χ1n) is 10.2. The molecule has 0 saturated heterocycles. The molecule has 1 atom stereocenters. The number of carbonyl (C=O) groups excluding carboxylic acids is 1. The summed E-state index contributed by atoms with van der Waals surface area (Å²) in [5.74, 6) is 0.122. The van der Waals surface area contributed by atoms with Gasteiger partial charge in [0.15, 0.2) is 5.78 Å². The fraction of sp³-hybridized carbons (Fsp3) is 0.500. The molecule has 166 valence electrons. The SMILES string of the molecule is Cn1c(CCC(C)(N)CCP(=O)(O)O)ccc1C(=O)CCCCc1ccc(Cl)cc1. The van der Waals surface area contributed by atoms with Crippen molar-refractivity contribution in [1.29, 1.82) is 0 Å². The highest BCUT2D eigenvalue weighted by Gasteiger charge is 2.24. The zero-order chi connectivity index (χ0) is 22.4. The van der Waals surface area contributed by atoms with Crippen molar-refractivity contribution < 1.29 is 19.1 Å². The lowest BCUT2D eigenvalue weighted by molar-refractivity contribution is 0.0971. The summed E-state index contributed by atoms with van der Waals surface area (Å²) in [4.78, 5) is 30.7. The fourth-order valence-corrected chi connectivity index (χ4v) is 4.35. The van der Waals surface area contributed by atoms with Gasteiger partial charge in [0.25, 0.3) is 0 Å². The van der Waals surface area contributed by atoms with Crippen LogP contribution in [0.25, 0.3) is 0 Å². The smallest absolute Gasteiger partial charge is 0.325 e. The molecular formula is C22H32ClN2O4P. The predicted octanol–water partition coefficient (Wildman–Crippen LogP) is 4.49. The van der Waals surface area contributed by atoms with Crippen LogP contribution in [0.5, 0.6) is 0 Å². The Morgan fingerprint density at radius 1 is 1.10 bits per heavy atom. The van der Waals surface area contributed by atoms with Gasteiger partial charge in [-0.15, -0.1) is 0 Å². The number of carbonyl (C=O) groups is 1. The molecule has 0 fully saturated rings. The second kappa shape index (κ2) is 10.7. The molecule has 2 rings (SSSR count). The zero-order valence-corrected chi connectivity index (χ0v) is 19.3. The molecule has 0 radical (unpaired) electrons. The molecule has 6 nitrogen and oxygen atoms in total. The highest BCUT2D eigenvalue weighted by atomic mass is 35.5. The van der Waals surface area contributed by atoms with Crippen LogP contribution in [0.1, 0.15) is 60.8 Å². The highest BCUT2D eigenvalue weighted by Crippen LogP contribution is 2.37. The molecule has 1 aromatic carbocycles. The molecule has 4 N–H and O–H groups in total. The normalized spacial score (nSPS) is 13.9. The van der Waals surface area contributed by atoms with E-state index in [0.29, 0.717) is 25.0 Å². The molecule has 8 heteroatoms. The van der Waals surface area contributed by atoms with Crippen LogP contribution in [0, 0.1) is 0 Å². The second-order valence-corrected chi connectivity index (χ2v) is 10.5. The number of ketones is 1. The van der Waals surface area contributed by atoms with Gasteiger partial charge in [-0.25, -0.2) is 0 Å². The van der Waals surface area contributed by atoms with Crippen LogP contribution in [-0.2, 0) is 24.5 Å². The minimum Gasteiger partial charge on any atom is -0.345 e. The van der Waals surface area contributed by atoms with Gasteiger partial charge in [-0.2, -0.15) is 0 Å². The summed E-state index contributed by atoms with van der Waals surface area (Å²) < 4.78 is 13.0. The van der Waals surface area contributed by atoms with E-state index in [1.165, 1.54) is 5.56 Å². The largest absolute Gasteiger partial charge is 0.345 e. The van der Waals surface area contributed by atoms with E-state index in [0.717, 1.165) is 30.0 Å². The molecule has 2 aromatic rings. The number of aromatic nitrogens is 1. The Kier molecular flexibility index (Phi) is 8.89. The molecule has 0 aliphatic rings. The van der Waals surface area contributed by atoms with E-state index in [2.05, 4.69) is 0 Å². The Morgan fingerprint density at radius 3 is 2.40 bits per heavy atom. The standard InChI is InChI=1S/C22H32ClN2O4P/c1-22(24,15-16-30(27,28)29)14-13-19-11-12-20(25(19)2)21(26)6-4-3-5-17-7-9-18(23)10-8-17/h7-12H,3-6,13-16,24H2,1-2H3,(H2,27,28,29). The lowest BCUT2D eigenvalue weighted by Gasteiger charge is -2.25. The number of Topliss-reactive ketones (excluding diaryl/α,β-unsaturated/α-hetero) is 1. The van der Waals surface area contributed by atoms with Crippen LogP contribution in [0.15, 0.2) is 36.4 Å². The Balaban J connectivity index is 1.81. The van der Waals surface area contributed by atoms with Crippen molar-refractivity contribution in [3.05, 3.63) is 58.4 Å². The van der Waals surface area contributed by atoms with E-state index in [1.807, 2.05) is 48.0 Å². The van der Waals surface area contributed by atoms with E-state index >= 15 is 0 Å². The molecule has 1 heterocycles. The first kappa shape index (κ1) is 24.8. The van der Waals surface area contributed by atoms with Gasteiger partial charge in [-0.1, -0.05) is 23.7 Å². The van der Waals surface area contributed by atoms with Gasteiger partial charge in [-0.3, -0.25) is 9.36 Å². The first-order chi connectivity index (χ1) is 14.0. The minimum atomic E-state index is -4.05. The third kappa shape index (κ3) is 8.37. The third-order valence-electron chi connectivity index (χ3n) is 5.47. The van der Waals surface area contributed by atoms with Crippen molar-refractivity contribution >= 4 is 25.0 Å². The van der Waals surface area contributed by atoms with Gasteiger partial charge in [0.05, 0.1) is 11.9 Å². The maximum absolute atomic E-state index is 12.6. The lowest BCUT2D eigenvalue weighted by atomic mass is 9.93. The van der Waals surface area contributed by atoms with Crippen molar-refractivity contribution in [2.45, 2.75) is 57.4 Å². The fourth-order valence-electron chi connectivity index (χ4n) is 3.42. The lowest BCUT2D eigenvalue weighted by Crippen LogP contribution is -2.37. The summed E-state index contributed by atoms with van der Waals surface area (Å²) in [5.41, 5.74) is 8.43. The number of nitrogens with zero attached hydrogens (tertiary/aromatic N) is 1. The maximum atomic E-state index is 12.6. The first-order valence-corrected chi connectivity index (χ1v) is 12.4. The summed E-state index contributed by atoms with van der Waals surface area (Å²) >= 11 is 5.89. The molecule has 30 heavy (non-hydrogen) atoms. The van der Waals surface area contributed by atoms with Gasteiger partial charge in [0.2, 0.25) is 0 Å². The van der Waals surface area contributed by atoms with Crippen molar-refractivity contribution in [2.75, 3.05) is 6.16 Å². The minimum absolute atomic E-state index is 0.122. The van der Waals surface area contributed by atoms with Crippen molar-refractivity contribution in [2.24, 2.45) is 12.8 Å². The monoisotopic (exact) mass is 454 g/mol. The predicted molar refractivity (Wildman–Crippen MR) is 121 cm³/mol. The number of hydrogen-bond acceptors (Lipinski definition) is 3. The third-order valence-corrected chi connectivity index (χ3v) is 6.53. The molecule has 0 bridgehead atoms. The number of rotatable bonds is 12. The van der Waals surface area contributed by atoms with Crippen LogP contribution in [0.2, 0.25) is 5.02 Å². The van der Waals surface area contributed by atoms with Crippen LogP contribution >= 0.6 is 19.2 Å². The van der Waals surface area contributed by atoms with Crippen molar-refractivity contribution in [1.82, 2.24) is 4.57 Å². The topological polar surface area (TPSA) is 106 Å². The van der Waals surface area contributed by atoms with Gasteiger partial charge in [0, 0.05) is 29.7 Å². The van der Waals surface area contributed by atoms with Gasteiger partial charge in [-0.05, 0) is 75.3 Å². The number of aryl methyl sites for hydroxylation is 2. The average molecular weight is 455 g/mol. The van der Waals surface area contributed by atoms with Crippen LogP contribution in [-0.4, -0.2) is 31.8 Å². The molecule has 0 aliphatic carbocycles. The number of nitrogens with two attached hydrogens (primary N) is 1. The van der Waals surface area contributed by atoms with Crippen LogP contribution in [0.3, 0.4) is 0 Å². The maximum Gasteiger partial charge on any atom is 0.325 e. The number of halogens is 1. The van der Waals surface area contributed by atoms with Gasteiger partial charge >= 0.3 is 7.60 Å². The highest BCUT2D eigenvalue weighted by molar-refractivity contribution is 7.51. The van der Waals surface area contributed by atoms with E-state index in [4.69, 9.17) is 27.1 Å². The quantitative estimate of drug-likeness (QED) is 0.249. The Morgan fingerprint density at radius 2 is 1.77 bits per heavy atom. The van der Waals surface area contributed by atoms with E-state index in [1.54, 1.807) is 6.92 Å². The summed E-state index contributed by atoms with van der Waals surface area (Å²) in [6.07, 6.45) is 4.46. The zero-order valence-electron chi connectivity index (χ0n) is 17.7. The summed E-state index contributed by atoms with van der Waals surface area (Å²) in [6, 6.07) is 11.6. The van der Waals surface area contributed by atoms with E-state index in [9.17, 15) is 9.36 Å². The molecule has 0 saturated carbocycles. The number of benzene rings is 1. The molecule has 1 aromatic heterocycles. The second-order valence-electron chi connectivity index (χ2n) is 8.32. The van der Waals surface area contributed by atoms with Crippen LogP contribution in [0.4, 0.5) is 0 Å². The molecule has 0 amide bonds. The molecular weight excluding hydrogens is 423 g/mol.